The summed E-state index contributed by atoms with van der Waals surface area (Å²) in [5.74, 6) is 0. The number of aryl methyl sites for hydroxylation is 2. The molecule has 0 N–H and O–H groups in total. The number of nitrogens with zero attached hydrogens (tertiary/aromatic N) is 2. The molecule has 0 atom stereocenters. The van der Waals surface area contributed by atoms with E-state index in [1.165, 1.54) is 27.3 Å². The zero-order valence-corrected chi connectivity index (χ0v) is 8.77. The molecule has 0 spiro atoms. The first-order valence-corrected chi connectivity index (χ1v) is 5.58. The third-order valence-corrected chi connectivity index (χ3v) is 3.47. The molecule has 0 unspecified atom stereocenters. The van der Waals surface area contributed by atoms with E-state index >= 15 is 0 Å². The molecule has 3 aromatic rings. The number of hydrogen-bond donors (Lipinski definition) is 0. The third-order valence-electron chi connectivity index (χ3n) is 3.47. The molecule has 0 saturated carbocycles. The van der Waals surface area contributed by atoms with Gasteiger partial charge in [-0.3, -0.25) is 0 Å². The van der Waals surface area contributed by atoms with Crippen LogP contribution in [-0.4, -0.2) is 10.2 Å². The monoisotopic (exact) mass is 206 g/mol. The highest BCUT2D eigenvalue weighted by Gasteiger charge is 2.15. The van der Waals surface area contributed by atoms with Crippen molar-refractivity contribution in [3.8, 4) is 0 Å². The zero-order valence-electron chi connectivity index (χ0n) is 8.77. The van der Waals surface area contributed by atoms with E-state index in [9.17, 15) is 0 Å². The van der Waals surface area contributed by atoms with Gasteiger partial charge in [-0.25, -0.2) is 0 Å². The summed E-state index contributed by atoms with van der Waals surface area (Å²) in [5, 5.41) is 12.3. The quantitative estimate of drug-likeness (QED) is 0.528. The van der Waals surface area contributed by atoms with Gasteiger partial charge >= 0.3 is 0 Å². The van der Waals surface area contributed by atoms with E-state index in [1.807, 2.05) is 6.20 Å². The van der Waals surface area contributed by atoms with Crippen molar-refractivity contribution < 1.29 is 0 Å². The van der Waals surface area contributed by atoms with E-state index in [1.54, 1.807) is 0 Å². The number of rotatable bonds is 0. The summed E-state index contributed by atoms with van der Waals surface area (Å²) in [6.45, 7) is 0. The Morgan fingerprint density at radius 3 is 2.81 bits per heavy atom. The molecule has 1 heterocycles. The van der Waals surface area contributed by atoms with Crippen LogP contribution in [-0.2, 0) is 12.8 Å². The minimum atomic E-state index is 1.03. The van der Waals surface area contributed by atoms with Crippen LogP contribution in [0.15, 0.2) is 36.5 Å². The summed E-state index contributed by atoms with van der Waals surface area (Å²) in [6, 6.07) is 10.8. The smallest absolute Gasteiger partial charge is 0.0938 e. The first kappa shape index (κ1) is 8.22. The Morgan fingerprint density at radius 2 is 1.81 bits per heavy atom. The lowest BCUT2D eigenvalue weighted by molar-refractivity contribution is 0.937. The molecule has 16 heavy (non-hydrogen) atoms. The first-order chi connectivity index (χ1) is 7.93. The van der Waals surface area contributed by atoms with Crippen molar-refractivity contribution in [3.05, 3.63) is 47.7 Å². The van der Waals surface area contributed by atoms with Gasteiger partial charge in [0.25, 0.3) is 0 Å². The number of hydrogen-bond acceptors (Lipinski definition) is 2. The highest BCUT2D eigenvalue weighted by molar-refractivity contribution is 6.10. The molecule has 2 aromatic carbocycles. The largest absolute Gasteiger partial charge is 0.158 e. The highest BCUT2D eigenvalue weighted by Crippen LogP contribution is 2.33. The van der Waals surface area contributed by atoms with Crippen molar-refractivity contribution in [2.45, 2.75) is 12.8 Å². The molecule has 0 amide bonds. The van der Waals surface area contributed by atoms with Crippen molar-refractivity contribution in [3.63, 3.8) is 0 Å². The van der Waals surface area contributed by atoms with Crippen LogP contribution in [0.25, 0.3) is 21.7 Å². The summed E-state index contributed by atoms with van der Waals surface area (Å²) < 4.78 is 0. The van der Waals surface area contributed by atoms with Crippen LogP contribution in [0, 0.1) is 0 Å². The van der Waals surface area contributed by atoms with E-state index in [2.05, 4.69) is 40.5 Å². The molecule has 2 nitrogen and oxygen atoms in total. The van der Waals surface area contributed by atoms with Crippen molar-refractivity contribution in [2.75, 3.05) is 0 Å². The zero-order chi connectivity index (χ0) is 10.5. The molecular formula is C14H10N2. The molecule has 1 aliphatic rings. The number of aromatic nitrogens is 2. The molecule has 2 heteroatoms. The van der Waals surface area contributed by atoms with Gasteiger partial charge in [-0.1, -0.05) is 24.3 Å². The molecule has 76 valence electrons. The van der Waals surface area contributed by atoms with Gasteiger partial charge in [0.15, 0.2) is 0 Å². The van der Waals surface area contributed by atoms with Crippen molar-refractivity contribution in [1.82, 2.24) is 10.2 Å². The van der Waals surface area contributed by atoms with Crippen LogP contribution in [0.2, 0.25) is 0 Å². The maximum absolute atomic E-state index is 4.22. The molecule has 1 aromatic heterocycles. The molecule has 0 saturated heterocycles. The fourth-order valence-electron chi connectivity index (χ4n) is 2.74. The van der Waals surface area contributed by atoms with Crippen LogP contribution >= 0.6 is 0 Å². The van der Waals surface area contributed by atoms with Crippen molar-refractivity contribution >= 4 is 21.7 Å². The summed E-state index contributed by atoms with van der Waals surface area (Å²) in [4.78, 5) is 0. The van der Waals surface area contributed by atoms with Crippen LogP contribution < -0.4 is 0 Å². The lowest BCUT2D eigenvalue weighted by atomic mass is 9.89. The van der Waals surface area contributed by atoms with Gasteiger partial charge in [-0.2, -0.15) is 10.2 Å². The lowest BCUT2D eigenvalue weighted by Gasteiger charge is -2.16. The van der Waals surface area contributed by atoms with Gasteiger partial charge in [-0.15, -0.1) is 0 Å². The van der Waals surface area contributed by atoms with Crippen molar-refractivity contribution in [2.24, 2.45) is 0 Å². The van der Waals surface area contributed by atoms with Gasteiger partial charge in [0, 0.05) is 5.39 Å². The average Bonchev–Trinajstić information content (AvgIpc) is 2.36. The van der Waals surface area contributed by atoms with Crippen molar-refractivity contribution in [1.29, 1.82) is 0 Å². The summed E-state index contributed by atoms with van der Waals surface area (Å²) in [5.41, 5.74) is 3.81. The van der Waals surface area contributed by atoms with Gasteiger partial charge in [-0.05, 0) is 40.8 Å². The molecule has 4 rings (SSSR count). The average molecular weight is 206 g/mol. The molecule has 0 bridgehead atoms. The van der Waals surface area contributed by atoms with Crippen LogP contribution in [0.4, 0.5) is 0 Å². The van der Waals surface area contributed by atoms with E-state index < -0.39 is 0 Å². The van der Waals surface area contributed by atoms with E-state index in [-0.39, 0.29) is 0 Å². The minimum absolute atomic E-state index is 1.03. The fourth-order valence-corrected chi connectivity index (χ4v) is 2.74. The third kappa shape index (κ3) is 0.915. The summed E-state index contributed by atoms with van der Waals surface area (Å²) in [7, 11) is 0. The summed E-state index contributed by atoms with van der Waals surface area (Å²) >= 11 is 0. The molecule has 0 aliphatic heterocycles. The number of benzene rings is 2. The summed E-state index contributed by atoms with van der Waals surface area (Å²) in [6.07, 6.45) is 4.12. The second-order valence-electron chi connectivity index (χ2n) is 4.34. The predicted octanol–water partition coefficient (Wildman–Crippen LogP) is 2.88. The topological polar surface area (TPSA) is 25.8 Å². The van der Waals surface area contributed by atoms with Crippen LogP contribution in [0.3, 0.4) is 0 Å². The molecule has 0 radical (unpaired) electrons. The lowest BCUT2D eigenvalue weighted by Crippen LogP contribution is -2.02. The Balaban J connectivity index is 2.40. The minimum Gasteiger partial charge on any atom is -0.158 e. The Hall–Kier alpha value is -1.96. The second-order valence-corrected chi connectivity index (χ2v) is 4.34. The Morgan fingerprint density at radius 1 is 0.875 bits per heavy atom. The maximum Gasteiger partial charge on any atom is 0.0938 e. The fraction of sp³-hybridized carbons (Fsp3) is 0.143. The van der Waals surface area contributed by atoms with E-state index in [0.29, 0.717) is 0 Å². The van der Waals surface area contributed by atoms with Gasteiger partial charge in [0.05, 0.1) is 11.7 Å². The predicted molar refractivity (Wildman–Crippen MR) is 64.5 cm³/mol. The molecular weight excluding hydrogens is 196 g/mol. The Bertz CT molecular complexity index is 654. The molecule has 0 fully saturated rings. The SMILES string of the molecule is c1cc2c3c(c1)ccc1nncc(c13)CC2. The Labute approximate surface area is 92.9 Å². The van der Waals surface area contributed by atoms with Crippen LogP contribution in [0.5, 0.6) is 0 Å². The van der Waals surface area contributed by atoms with E-state index in [0.717, 1.165) is 18.4 Å². The highest BCUT2D eigenvalue weighted by atomic mass is 15.1. The first-order valence-electron chi connectivity index (χ1n) is 5.58. The normalized spacial score (nSPS) is 13.8. The van der Waals surface area contributed by atoms with Gasteiger partial charge < -0.3 is 0 Å². The van der Waals surface area contributed by atoms with Gasteiger partial charge in [0.2, 0.25) is 0 Å². The molecule has 1 aliphatic carbocycles. The Kier molecular flexibility index (Phi) is 1.43. The standard InChI is InChI=1S/C14H10N2/c1-2-9-4-5-11-8-15-16-12-7-6-10(3-1)13(9)14(11)12/h1-3,6-8H,4-5H2. The van der Waals surface area contributed by atoms with Gasteiger partial charge in [0.1, 0.15) is 0 Å². The second kappa shape index (κ2) is 2.79. The van der Waals surface area contributed by atoms with Crippen LogP contribution in [0.1, 0.15) is 11.1 Å². The van der Waals surface area contributed by atoms with E-state index in [4.69, 9.17) is 0 Å². The maximum atomic E-state index is 4.22.